The first kappa shape index (κ1) is 11.4. The highest BCUT2D eigenvalue weighted by Gasteiger charge is 2.16. The van der Waals surface area contributed by atoms with Gasteiger partial charge < -0.3 is 4.74 Å². The topological polar surface area (TPSA) is 22.1 Å². The predicted octanol–water partition coefficient (Wildman–Crippen LogP) is 3.23. The Kier molecular flexibility index (Phi) is 3.80. The molecule has 0 aliphatic carbocycles. The van der Waals surface area contributed by atoms with E-state index in [-0.39, 0.29) is 5.69 Å². The molecule has 0 N–H and O–H groups in total. The van der Waals surface area contributed by atoms with Gasteiger partial charge in [-0.25, -0.2) is 13.8 Å². The van der Waals surface area contributed by atoms with Crippen molar-refractivity contribution in [3.05, 3.63) is 23.0 Å². The Morgan fingerprint density at radius 3 is 2.64 bits per heavy atom. The van der Waals surface area contributed by atoms with E-state index in [0.29, 0.717) is 22.3 Å². The summed E-state index contributed by atoms with van der Waals surface area (Å²) in [4.78, 5) is 3.81. The number of methoxy groups -OCH3 is 1. The first-order valence-electron chi connectivity index (χ1n) is 3.98. The van der Waals surface area contributed by atoms with Crippen LogP contribution in [0.15, 0.2) is 6.07 Å². The van der Waals surface area contributed by atoms with Crippen LogP contribution in [0.5, 0.6) is 5.75 Å². The first-order chi connectivity index (χ1) is 6.60. The van der Waals surface area contributed by atoms with Crippen LogP contribution in [0.4, 0.5) is 8.78 Å². The molecule has 1 heterocycles. The van der Waals surface area contributed by atoms with Crippen molar-refractivity contribution in [2.45, 2.75) is 18.7 Å². The fourth-order valence-corrected chi connectivity index (χ4v) is 1.60. The van der Waals surface area contributed by atoms with Crippen LogP contribution in [0.1, 0.15) is 23.4 Å². The fraction of sp³-hybridized carbons (Fsp3) is 0.444. The fourth-order valence-electron chi connectivity index (χ4n) is 1.15. The lowest BCUT2D eigenvalue weighted by molar-refractivity contribution is 0.144. The summed E-state index contributed by atoms with van der Waals surface area (Å²) in [6, 6.07) is 1.58. The maximum Gasteiger partial charge on any atom is 0.280 e. The van der Waals surface area contributed by atoms with Gasteiger partial charge in [0.15, 0.2) is 0 Å². The summed E-state index contributed by atoms with van der Waals surface area (Å²) >= 11 is 3.14. The van der Waals surface area contributed by atoms with Crippen molar-refractivity contribution in [2.24, 2.45) is 0 Å². The molecule has 0 unspecified atom stereocenters. The number of alkyl halides is 3. The Bertz CT molecular complexity index is 331. The van der Waals surface area contributed by atoms with Gasteiger partial charge in [-0.15, -0.1) is 0 Å². The Balaban J connectivity index is 3.24. The number of ether oxygens (including phenoxy) is 1. The Hall–Kier alpha value is -0.710. The van der Waals surface area contributed by atoms with E-state index >= 15 is 0 Å². The number of aromatic nitrogens is 1. The van der Waals surface area contributed by atoms with Crippen LogP contribution in [-0.4, -0.2) is 12.1 Å². The second kappa shape index (κ2) is 4.68. The van der Waals surface area contributed by atoms with Gasteiger partial charge in [-0.1, -0.05) is 15.9 Å². The second-order valence-corrected chi connectivity index (χ2v) is 3.32. The summed E-state index contributed by atoms with van der Waals surface area (Å²) in [5, 5.41) is 0.344. The molecule has 5 heteroatoms. The molecule has 0 aliphatic rings. The summed E-state index contributed by atoms with van der Waals surface area (Å²) in [7, 11) is 1.49. The number of aryl methyl sites for hydroxylation is 1. The summed E-state index contributed by atoms with van der Waals surface area (Å²) in [5.74, 6) is 0.531. The molecule has 0 spiro atoms. The van der Waals surface area contributed by atoms with E-state index in [1.54, 1.807) is 13.0 Å². The van der Waals surface area contributed by atoms with Gasteiger partial charge in [-0.3, -0.25) is 0 Å². The Morgan fingerprint density at radius 2 is 2.21 bits per heavy atom. The van der Waals surface area contributed by atoms with E-state index in [2.05, 4.69) is 20.9 Å². The van der Waals surface area contributed by atoms with Crippen LogP contribution in [-0.2, 0) is 5.33 Å². The normalized spacial score (nSPS) is 10.7. The molecule has 0 amide bonds. The zero-order valence-corrected chi connectivity index (χ0v) is 9.44. The molecule has 0 aliphatic heterocycles. The van der Waals surface area contributed by atoms with Gasteiger partial charge in [-0.2, -0.15) is 0 Å². The zero-order chi connectivity index (χ0) is 10.7. The van der Waals surface area contributed by atoms with Crippen LogP contribution in [0.3, 0.4) is 0 Å². The van der Waals surface area contributed by atoms with E-state index in [4.69, 9.17) is 4.74 Å². The number of halogens is 3. The van der Waals surface area contributed by atoms with Crippen LogP contribution >= 0.6 is 15.9 Å². The van der Waals surface area contributed by atoms with Crippen molar-refractivity contribution >= 4 is 15.9 Å². The standard InChI is InChI=1S/C9H10BrF2NO/c1-5-7(14-2)3-6(4-10)8(13-5)9(11)12/h3,9H,4H2,1-2H3. The molecular weight excluding hydrogens is 256 g/mol. The average molecular weight is 266 g/mol. The monoisotopic (exact) mass is 265 g/mol. The van der Waals surface area contributed by atoms with Gasteiger partial charge in [0.2, 0.25) is 0 Å². The van der Waals surface area contributed by atoms with Crippen LogP contribution < -0.4 is 4.74 Å². The van der Waals surface area contributed by atoms with Crippen molar-refractivity contribution in [1.82, 2.24) is 4.98 Å². The van der Waals surface area contributed by atoms with E-state index < -0.39 is 6.43 Å². The minimum atomic E-state index is -2.55. The highest BCUT2D eigenvalue weighted by atomic mass is 79.9. The zero-order valence-electron chi connectivity index (χ0n) is 7.85. The van der Waals surface area contributed by atoms with Crippen molar-refractivity contribution in [3.63, 3.8) is 0 Å². The smallest absolute Gasteiger partial charge is 0.280 e. The molecule has 14 heavy (non-hydrogen) atoms. The summed E-state index contributed by atoms with van der Waals surface area (Å²) < 4.78 is 30.0. The minimum Gasteiger partial charge on any atom is -0.495 e. The SMILES string of the molecule is COc1cc(CBr)c(C(F)F)nc1C. The van der Waals surface area contributed by atoms with Gasteiger partial charge in [0, 0.05) is 5.33 Å². The highest BCUT2D eigenvalue weighted by Crippen LogP contribution is 2.27. The van der Waals surface area contributed by atoms with Gasteiger partial charge >= 0.3 is 0 Å². The summed E-state index contributed by atoms with van der Waals surface area (Å²) in [5.41, 5.74) is 0.759. The van der Waals surface area contributed by atoms with Crippen molar-refractivity contribution in [1.29, 1.82) is 0 Å². The van der Waals surface area contributed by atoms with Crippen LogP contribution in [0, 0.1) is 6.92 Å². The molecular formula is C9H10BrF2NO. The van der Waals surface area contributed by atoms with E-state index in [1.165, 1.54) is 7.11 Å². The van der Waals surface area contributed by atoms with Crippen molar-refractivity contribution in [3.8, 4) is 5.75 Å². The quantitative estimate of drug-likeness (QED) is 0.783. The molecule has 1 aromatic heterocycles. The van der Waals surface area contributed by atoms with E-state index in [0.717, 1.165) is 0 Å². The Morgan fingerprint density at radius 1 is 1.57 bits per heavy atom. The third-order valence-corrected chi connectivity index (χ3v) is 2.45. The maximum atomic E-state index is 12.5. The van der Waals surface area contributed by atoms with Gasteiger partial charge in [0.1, 0.15) is 11.4 Å². The van der Waals surface area contributed by atoms with Gasteiger partial charge in [-0.05, 0) is 18.6 Å². The molecule has 0 aromatic carbocycles. The number of nitrogens with zero attached hydrogens (tertiary/aromatic N) is 1. The van der Waals surface area contributed by atoms with Gasteiger partial charge in [0.25, 0.3) is 6.43 Å². The van der Waals surface area contributed by atoms with Crippen molar-refractivity contribution < 1.29 is 13.5 Å². The third-order valence-electron chi connectivity index (χ3n) is 1.85. The number of hydrogen-bond acceptors (Lipinski definition) is 2. The number of hydrogen-bond donors (Lipinski definition) is 0. The lowest BCUT2D eigenvalue weighted by Gasteiger charge is -2.10. The first-order valence-corrected chi connectivity index (χ1v) is 5.10. The summed E-state index contributed by atoms with van der Waals surface area (Å²) in [6.07, 6.45) is -2.55. The molecule has 0 saturated heterocycles. The summed E-state index contributed by atoms with van der Waals surface area (Å²) in [6.45, 7) is 1.64. The van der Waals surface area contributed by atoms with E-state index in [9.17, 15) is 8.78 Å². The molecule has 2 nitrogen and oxygen atoms in total. The van der Waals surface area contributed by atoms with Crippen LogP contribution in [0.25, 0.3) is 0 Å². The molecule has 1 aromatic rings. The molecule has 0 atom stereocenters. The molecule has 0 bridgehead atoms. The minimum absolute atomic E-state index is 0.180. The van der Waals surface area contributed by atoms with E-state index in [1.807, 2.05) is 0 Å². The second-order valence-electron chi connectivity index (χ2n) is 2.75. The predicted molar refractivity (Wildman–Crippen MR) is 53.1 cm³/mol. The maximum absolute atomic E-state index is 12.5. The number of rotatable bonds is 3. The molecule has 0 fully saturated rings. The largest absolute Gasteiger partial charge is 0.495 e. The lowest BCUT2D eigenvalue weighted by atomic mass is 10.2. The molecule has 0 saturated carbocycles. The van der Waals surface area contributed by atoms with Crippen molar-refractivity contribution in [2.75, 3.05) is 7.11 Å². The third kappa shape index (κ3) is 2.20. The highest BCUT2D eigenvalue weighted by molar-refractivity contribution is 9.08. The van der Waals surface area contributed by atoms with Crippen LogP contribution in [0.2, 0.25) is 0 Å². The molecule has 78 valence electrons. The average Bonchev–Trinajstić information content (AvgIpc) is 2.17. The lowest BCUT2D eigenvalue weighted by Crippen LogP contribution is -2.01. The number of pyridine rings is 1. The Labute approximate surface area is 89.4 Å². The molecule has 1 rings (SSSR count). The molecule has 0 radical (unpaired) electrons. The van der Waals surface area contributed by atoms with Gasteiger partial charge in [0.05, 0.1) is 12.8 Å².